The summed E-state index contributed by atoms with van der Waals surface area (Å²) >= 11 is 0. The summed E-state index contributed by atoms with van der Waals surface area (Å²) in [5.74, 6) is -0.405. The van der Waals surface area contributed by atoms with E-state index in [-0.39, 0.29) is 19.6 Å². The molecule has 0 rings (SSSR count). The highest BCUT2D eigenvalue weighted by molar-refractivity contribution is 5.85. The average Bonchev–Trinajstić information content (AvgIpc) is 2.09. The van der Waals surface area contributed by atoms with Crippen molar-refractivity contribution in [2.45, 2.75) is 6.42 Å². The summed E-state index contributed by atoms with van der Waals surface area (Å²) in [4.78, 5) is 11.2. The summed E-state index contributed by atoms with van der Waals surface area (Å²) in [6.45, 7) is -1.38. The van der Waals surface area contributed by atoms with Gasteiger partial charge in [0.2, 0.25) is 0 Å². The predicted molar refractivity (Wildman–Crippen MR) is 42.4 cm³/mol. The number of aliphatic hydroxyl groups excluding tert-OH is 3. The molecule has 0 aliphatic rings. The minimum Gasteiger partial charge on any atom is -0.396 e. The topological polar surface area (TPSA) is 104 Å². The predicted octanol–water partition coefficient (Wildman–Crippen LogP) is -2.13. The lowest BCUT2D eigenvalue weighted by molar-refractivity contribution is -0.133. The van der Waals surface area contributed by atoms with Crippen molar-refractivity contribution in [1.82, 2.24) is 0 Å². The first-order valence-electron chi connectivity index (χ1n) is 3.73. The van der Waals surface area contributed by atoms with Gasteiger partial charge in [0.15, 0.2) is 0 Å². The van der Waals surface area contributed by atoms with Crippen LogP contribution < -0.4 is 5.73 Å². The second-order valence-electron chi connectivity index (χ2n) is 2.70. The van der Waals surface area contributed by atoms with Crippen molar-refractivity contribution in [2.75, 3.05) is 26.4 Å². The summed E-state index contributed by atoms with van der Waals surface area (Å²) in [6.07, 6.45) is -0.0850. The van der Waals surface area contributed by atoms with Crippen LogP contribution in [0, 0.1) is 5.41 Å². The molecule has 12 heavy (non-hydrogen) atoms. The zero-order valence-electron chi connectivity index (χ0n) is 6.86. The molecule has 0 radical (unpaired) electrons. The monoisotopic (exact) mass is 177 g/mol. The molecular weight excluding hydrogens is 162 g/mol. The molecule has 0 fully saturated rings. The van der Waals surface area contributed by atoms with Crippen molar-refractivity contribution in [2.24, 2.45) is 11.1 Å². The van der Waals surface area contributed by atoms with E-state index < -0.39 is 24.4 Å². The highest BCUT2D eigenvalue weighted by Gasteiger charge is 2.34. The fourth-order valence-corrected chi connectivity index (χ4v) is 0.836. The van der Waals surface area contributed by atoms with Gasteiger partial charge in [-0.1, -0.05) is 0 Å². The summed E-state index contributed by atoms with van der Waals surface area (Å²) in [5.41, 5.74) is 3.96. The van der Waals surface area contributed by atoms with Gasteiger partial charge in [-0.2, -0.15) is 0 Å². The van der Waals surface area contributed by atoms with Gasteiger partial charge in [0.1, 0.15) is 5.78 Å². The molecule has 0 unspecified atom stereocenters. The molecule has 0 spiro atoms. The number of hydrogen-bond donors (Lipinski definition) is 4. The quantitative estimate of drug-likeness (QED) is 0.371. The molecule has 0 heterocycles. The Labute approximate surface area is 70.8 Å². The number of aliphatic hydroxyl groups is 3. The van der Waals surface area contributed by atoms with Crippen molar-refractivity contribution in [3.8, 4) is 0 Å². The van der Waals surface area contributed by atoms with Gasteiger partial charge in [-0.3, -0.25) is 4.79 Å². The van der Waals surface area contributed by atoms with Crippen LogP contribution >= 0.6 is 0 Å². The van der Waals surface area contributed by atoms with Gasteiger partial charge in [-0.05, 0) is 0 Å². The van der Waals surface area contributed by atoms with Crippen molar-refractivity contribution < 1.29 is 20.1 Å². The molecule has 0 aromatic heterocycles. The van der Waals surface area contributed by atoms with E-state index in [1.807, 2.05) is 0 Å². The Bertz CT molecular complexity index is 136. The largest absolute Gasteiger partial charge is 0.396 e. The van der Waals surface area contributed by atoms with Gasteiger partial charge < -0.3 is 21.1 Å². The van der Waals surface area contributed by atoms with Crippen molar-refractivity contribution in [3.05, 3.63) is 0 Å². The molecule has 0 saturated heterocycles. The van der Waals surface area contributed by atoms with E-state index in [0.29, 0.717) is 0 Å². The third kappa shape index (κ3) is 2.25. The zero-order chi connectivity index (χ0) is 9.61. The van der Waals surface area contributed by atoms with Gasteiger partial charge >= 0.3 is 0 Å². The molecule has 5 heteroatoms. The maximum absolute atomic E-state index is 11.2. The van der Waals surface area contributed by atoms with Crippen LogP contribution in [0.4, 0.5) is 0 Å². The van der Waals surface area contributed by atoms with E-state index in [1.54, 1.807) is 0 Å². The normalized spacial score (nSPS) is 11.7. The molecule has 0 amide bonds. The van der Waals surface area contributed by atoms with Crippen LogP contribution in [-0.4, -0.2) is 47.5 Å². The number of nitrogens with two attached hydrogens (primary N) is 1. The SMILES string of the molecule is NCC(CO)(CO)C(=O)CCO. The number of carbonyl (C=O) groups is 1. The molecular formula is C7H15NO4. The Morgan fingerprint density at radius 3 is 2.00 bits per heavy atom. The average molecular weight is 177 g/mol. The maximum atomic E-state index is 11.2. The molecule has 0 aliphatic heterocycles. The second kappa shape index (κ2) is 5.21. The van der Waals surface area contributed by atoms with E-state index in [0.717, 1.165) is 0 Å². The van der Waals surface area contributed by atoms with Crippen molar-refractivity contribution in [1.29, 1.82) is 0 Å². The van der Waals surface area contributed by atoms with Gasteiger partial charge in [0, 0.05) is 19.6 Å². The first kappa shape index (κ1) is 11.5. The van der Waals surface area contributed by atoms with E-state index in [2.05, 4.69) is 0 Å². The molecule has 0 aromatic rings. The van der Waals surface area contributed by atoms with Crippen LogP contribution in [0.2, 0.25) is 0 Å². The highest BCUT2D eigenvalue weighted by atomic mass is 16.3. The Balaban J connectivity index is 4.36. The number of ketones is 1. The Kier molecular flexibility index (Phi) is 5.00. The first-order valence-corrected chi connectivity index (χ1v) is 3.73. The molecule has 0 bridgehead atoms. The number of Topliss-reactive ketones (excluding diaryl/α,β-unsaturated/α-hetero) is 1. The summed E-state index contributed by atoms with van der Waals surface area (Å²) in [6, 6.07) is 0. The summed E-state index contributed by atoms with van der Waals surface area (Å²) < 4.78 is 0. The lowest BCUT2D eigenvalue weighted by Gasteiger charge is -2.25. The number of hydrogen-bond acceptors (Lipinski definition) is 5. The van der Waals surface area contributed by atoms with Gasteiger partial charge in [0.05, 0.1) is 18.6 Å². The standard InChI is InChI=1S/C7H15NO4/c8-3-7(4-10,5-11)6(12)1-2-9/h9-11H,1-5,8H2. The molecule has 72 valence electrons. The van der Waals surface area contributed by atoms with Crippen molar-refractivity contribution in [3.63, 3.8) is 0 Å². The maximum Gasteiger partial charge on any atom is 0.147 e. The van der Waals surface area contributed by atoms with E-state index in [1.165, 1.54) is 0 Å². The van der Waals surface area contributed by atoms with Crippen LogP contribution in [0.1, 0.15) is 6.42 Å². The minimum absolute atomic E-state index is 0.0850. The third-order valence-corrected chi connectivity index (χ3v) is 1.93. The lowest BCUT2D eigenvalue weighted by atomic mass is 9.84. The minimum atomic E-state index is -1.28. The molecule has 5 N–H and O–H groups in total. The van der Waals surface area contributed by atoms with Crippen LogP contribution in [0.5, 0.6) is 0 Å². The zero-order valence-corrected chi connectivity index (χ0v) is 6.86. The van der Waals surface area contributed by atoms with Crippen molar-refractivity contribution >= 4 is 5.78 Å². The lowest BCUT2D eigenvalue weighted by Crippen LogP contribution is -2.45. The Morgan fingerprint density at radius 1 is 1.25 bits per heavy atom. The van der Waals surface area contributed by atoms with E-state index in [4.69, 9.17) is 21.1 Å². The second-order valence-corrected chi connectivity index (χ2v) is 2.70. The fraction of sp³-hybridized carbons (Fsp3) is 0.857. The van der Waals surface area contributed by atoms with E-state index in [9.17, 15) is 4.79 Å². The smallest absolute Gasteiger partial charge is 0.147 e. The van der Waals surface area contributed by atoms with Gasteiger partial charge in [0.25, 0.3) is 0 Å². The number of carbonyl (C=O) groups excluding carboxylic acids is 1. The highest BCUT2D eigenvalue weighted by Crippen LogP contribution is 2.16. The first-order chi connectivity index (χ1) is 5.66. The van der Waals surface area contributed by atoms with Crippen LogP contribution in [0.25, 0.3) is 0 Å². The third-order valence-electron chi connectivity index (χ3n) is 1.93. The molecule has 0 aliphatic carbocycles. The van der Waals surface area contributed by atoms with Gasteiger partial charge in [-0.25, -0.2) is 0 Å². The molecule has 0 atom stereocenters. The van der Waals surface area contributed by atoms with Crippen LogP contribution in [0.15, 0.2) is 0 Å². The molecule has 0 saturated carbocycles. The molecule has 0 aromatic carbocycles. The summed E-state index contributed by atoms with van der Waals surface area (Å²) in [5, 5.41) is 26.1. The summed E-state index contributed by atoms with van der Waals surface area (Å²) in [7, 11) is 0. The number of rotatable bonds is 6. The van der Waals surface area contributed by atoms with Crippen LogP contribution in [0.3, 0.4) is 0 Å². The fourth-order valence-electron chi connectivity index (χ4n) is 0.836. The molecule has 5 nitrogen and oxygen atoms in total. The van der Waals surface area contributed by atoms with Gasteiger partial charge in [-0.15, -0.1) is 0 Å². The van der Waals surface area contributed by atoms with E-state index >= 15 is 0 Å². The van der Waals surface area contributed by atoms with Crippen LogP contribution in [-0.2, 0) is 4.79 Å². The Hall–Kier alpha value is -0.490. The Morgan fingerprint density at radius 2 is 1.75 bits per heavy atom.